The molecule has 0 radical (unpaired) electrons. The van der Waals surface area contributed by atoms with Gasteiger partial charge in [-0.15, -0.1) is 0 Å². The van der Waals surface area contributed by atoms with Crippen molar-refractivity contribution in [2.45, 2.75) is 52.0 Å². The Morgan fingerprint density at radius 1 is 1.08 bits per heavy atom. The molecule has 0 aliphatic carbocycles. The van der Waals surface area contributed by atoms with E-state index >= 15 is 0 Å². The molecule has 0 saturated carbocycles. The van der Waals surface area contributed by atoms with E-state index in [4.69, 9.17) is 4.74 Å². The number of likely N-dealkylation sites (tertiary alicyclic amines) is 1. The summed E-state index contributed by atoms with van der Waals surface area (Å²) in [5, 5.41) is 6.79. The molecule has 2 rings (SSSR count). The van der Waals surface area contributed by atoms with Crippen LogP contribution in [0.15, 0.2) is 29.3 Å². The van der Waals surface area contributed by atoms with Gasteiger partial charge in [0.05, 0.1) is 6.61 Å². The Bertz CT molecular complexity index is 526. The molecule has 26 heavy (non-hydrogen) atoms. The minimum Gasteiger partial charge on any atom is -0.494 e. The first-order valence-corrected chi connectivity index (χ1v) is 10.2. The lowest BCUT2D eigenvalue weighted by Crippen LogP contribution is -2.37. The number of unbranched alkanes of at least 4 members (excludes halogenated alkanes) is 2. The van der Waals surface area contributed by atoms with E-state index in [1.807, 2.05) is 32.2 Å². The first-order valence-electron chi connectivity index (χ1n) is 10.2. The van der Waals surface area contributed by atoms with E-state index in [1.54, 1.807) is 0 Å². The third kappa shape index (κ3) is 7.65. The molecule has 0 amide bonds. The molecule has 1 aliphatic rings. The van der Waals surface area contributed by atoms with E-state index in [0.717, 1.165) is 23.8 Å². The number of aliphatic imine (C=N–C) groups is 1. The Morgan fingerprint density at radius 2 is 1.88 bits per heavy atom. The minimum absolute atomic E-state index is 0.682. The van der Waals surface area contributed by atoms with Crippen LogP contribution in [0.3, 0.4) is 0 Å². The normalized spacial score (nSPS) is 15.7. The zero-order valence-corrected chi connectivity index (χ0v) is 16.6. The molecule has 0 atom stereocenters. The topological polar surface area (TPSA) is 48.9 Å². The van der Waals surface area contributed by atoms with Gasteiger partial charge in [-0.2, -0.15) is 0 Å². The van der Waals surface area contributed by atoms with E-state index in [1.165, 1.54) is 58.2 Å². The van der Waals surface area contributed by atoms with Crippen LogP contribution in [0.1, 0.15) is 51.0 Å². The predicted molar refractivity (Wildman–Crippen MR) is 110 cm³/mol. The van der Waals surface area contributed by atoms with E-state index < -0.39 is 0 Å². The summed E-state index contributed by atoms with van der Waals surface area (Å²) in [6, 6.07) is 8.15. The maximum atomic E-state index is 5.67. The predicted octanol–water partition coefficient (Wildman–Crippen LogP) is 3.41. The Hall–Kier alpha value is -1.75. The lowest BCUT2D eigenvalue weighted by atomic mass is 10.1. The fraction of sp³-hybridized carbons (Fsp3) is 0.667. The van der Waals surface area contributed by atoms with Crippen molar-refractivity contribution in [3.8, 4) is 5.75 Å². The lowest BCUT2D eigenvalue weighted by molar-refractivity contribution is 0.224. The molecule has 0 aromatic heterocycles. The number of piperidine rings is 1. The fourth-order valence-corrected chi connectivity index (χ4v) is 3.37. The van der Waals surface area contributed by atoms with Gasteiger partial charge in [0, 0.05) is 25.7 Å². The number of benzene rings is 1. The van der Waals surface area contributed by atoms with Crippen LogP contribution in [0, 0.1) is 0 Å². The summed E-state index contributed by atoms with van der Waals surface area (Å²) in [5.41, 5.74) is 1.15. The quantitative estimate of drug-likeness (QED) is 0.381. The molecule has 1 saturated heterocycles. The molecular weight excluding hydrogens is 324 g/mol. The SMILES string of the molecule is CCOc1ccccc1CNC(=NC)NCCCCCN1CCCCC1. The Balaban J connectivity index is 1.59. The van der Waals surface area contributed by atoms with Crippen LogP contribution in [-0.4, -0.2) is 50.7 Å². The number of para-hydroxylation sites is 1. The van der Waals surface area contributed by atoms with Crippen molar-refractivity contribution in [3.05, 3.63) is 29.8 Å². The smallest absolute Gasteiger partial charge is 0.191 e. The monoisotopic (exact) mass is 360 g/mol. The van der Waals surface area contributed by atoms with Gasteiger partial charge in [-0.05, 0) is 58.3 Å². The Morgan fingerprint density at radius 3 is 2.65 bits per heavy atom. The third-order valence-electron chi connectivity index (χ3n) is 4.83. The first kappa shape index (κ1) is 20.6. The van der Waals surface area contributed by atoms with Crippen molar-refractivity contribution in [1.29, 1.82) is 0 Å². The molecule has 1 aromatic carbocycles. The number of rotatable bonds is 10. The summed E-state index contributed by atoms with van der Waals surface area (Å²) in [7, 11) is 1.82. The molecule has 1 fully saturated rings. The summed E-state index contributed by atoms with van der Waals surface area (Å²) in [5.74, 6) is 1.79. The van der Waals surface area contributed by atoms with Crippen LogP contribution in [-0.2, 0) is 6.54 Å². The fourth-order valence-electron chi connectivity index (χ4n) is 3.37. The second-order valence-electron chi connectivity index (χ2n) is 6.86. The van der Waals surface area contributed by atoms with E-state index in [9.17, 15) is 0 Å². The highest BCUT2D eigenvalue weighted by molar-refractivity contribution is 5.79. The van der Waals surface area contributed by atoms with E-state index in [0.29, 0.717) is 13.2 Å². The molecule has 1 heterocycles. The molecule has 5 nitrogen and oxygen atoms in total. The summed E-state index contributed by atoms with van der Waals surface area (Å²) in [6.07, 6.45) is 7.95. The third-order valence-corrected chi connectivity index (χ3v) is 4.83. The molecular formula is C21H36N4O. The van der Waals surface area contributed by atoms with Gasteiger partial charge in [-0.25, -0.2) is 0 Å². The van der Waals surface area contributed by atoms with E-state index in [-0.39, 0.29) is 0 Å². The largest absolute Gasteiger partial charge is 0.494 e. The van der Waals surface area contributed by atoms with E-state index in [2.05, 4.69) is 26.6 Å². The van der Waals surface area contributed by atoms with Crippen molar-refractivity contribution >= 4 is 5.96 Å². The molecule has 0 spiro atoms. The maximum absolute atomic E-state index is 5.67. The lowest BCUT2D eigenvalue weighted by Gasteiger charge is -2.26. The number of nitrogens with one attached hydrogen (secondary N) is 2. The van der Waals surface area contributed by atoms with Crippen molar-refractivity contribution in [2.75, 3.05) is 39.8 Å². The Kier molecular flexibility index (Phi) is 9.95. The van der Waals surface area contributed by atoms with Crippen molar-refractivity contribution < 1.29 is 4.74 Å². The zero-order chi connectivity index (χ0) is 18.5. The molecule has 2 N–H and O–H groups in total. The number of guanidine groups is 1. The summed E-state index contributed by atoms with van der Waals surface area (Å²) in [4.78, 5) is 6.93. The number of ether oxygens (including phenoxy) is 1. The maximum Gasteiger partial charge on any atom is 0.191 e. The zero-order valence-electron chi connectivity index (χ0n) is 16.6. The van der Waals surface area contributed by atoms with Gasteiger partial charge in [0.15, 0.2) is 5.96 Å². The molecule has 1 aliphatic heterocycles. The van der Waals surface area contributed by atoms with Crippen LogP contribution in [0.25, 0.3) is 0 Å². The van der Waals surface area contributed by atoms with Gasteiger partial charge in [0.2, 0.25) is 0 Å². The van der Waals surface area contributed by atoms with Gasteiger partial charge >= 0.3 is 0 Å². The highest BCUT2D eigenvalue weighted by Crippen LogP contribution is 2.17. The average molecular weight is 361 g/mol. The van der Waals surface area contributed by atoms with Crippen LogP contribution >= 0.6 is 0 Å². The van der Waals surface area contributed by atoms with Gasteiger partial charge < -0.3 is 20.3 Å². The highest BCUT2D eigenvalue weighted by Gasteiger charge is 2.08. The standard InChI is InChI=1S/C21H36N4O/c1-3-26-20-13-7-6-12-19(20)18-24-21(22-2)23-14-8-4-9-15-25-16-10-5-11-17-25/h6-7,12-13H,3-5,8-11,14-18H2,1-2H3,(H2,22,23,24). The van der Waals surface area contributed by atoms with Crippen molar-refractivity contribution in [2.24, 2.45) is 4.99 Å². The number of hydrogen-bond acceptors (Lipinski definition) is 3. The Labute approximate surface area is 159 Å². The second kappa shape index (κ2) is 12.6. The molecule has 5 heteroatoms. The minimum atomic E-state index is 0.682. The molecule has 1 aromatic rings. The number of hydrogen-bond donors (Lipinski definition) is 2. The highest BCUT2D eigenvalue weighted by atomic mass is 16.5. The molecule has 146 valence electrons. The van der Waals surface area contributed by atoms with Crippen LogP contribution in [0.5, 0.6) is 5.75 Å². The average Bonchev–Trinajstić information content (AvgIpc) is 2.69. The summed E-state index contributed by atoms with van der Waals surface area (Å²) >= 11 is 0. The molecule has 0 unspecified atom stereocenters. The van der Waals surface area contributed by atoms with Gasteiger partial charge in [0.1, 0.15) is 5.75 Å². The van der Waals surface area contributed by atoms with Gasteiger partial charge in [-0.1, -0.05) is 31.0 Å². The van der Waals surface area contributed by atoms with Crippen LogP contribution < -0.4 is 15.4 Å². The van der Waals surface area contributed by atoms with Crippen molar-refractivity contribution in [1.82, 2.24) is 15.5 Å². The van der Waals surface area contributed by atoms with Crippen LogP contribution in [0.2, 0.25) is 0 Å². The summed E-state index contributed by atoms with van der Waals surface area (Å²) in [6.45, 7) is 8.24. The van der Waals surface area contributed by atoms with Gasteiger partial charge in [0.25, 0.3) is 0 Å². The number of nitrogens with zero attached hydrogens (tertiary/aromatic N) is 2. The summed E-state index contributed by atoms with van der Waals surface area (Å²) < 4.78 is 5.67. The second-order valence-corrected chi connectivity index (χ2v) is 6.86. The first-order chi connectivity index (χ1) is 12.8. The van der Waals surface area contributed by atoms with Gasteiger partial charge in [-0.3, -0.25) is 4.99 Å². The molecule has 0 bridgehead atoms. The van der Waals surface area contributed by atoms with Crippen LogP contribution in [0.4, 0.5) is 0 Å². The van der Waals surface area contributed by atoms with Crippen molar-refractivity contribution in [3.63, 3.8) is 0 Å².